The van der Waals surface area contributed by atoms with E-state index in [0.29, 0.717) is 0 Å². The average molecular weight is 230 g/mol. The van der Waals surface area contributed by atoms with E-state index in [1.165, 1.54) is 0 Å². The Morgan fingerprint density at radius 3 is 2.00 bits per heavy atom. The van der Waals surface area contributed by atoms with Crippen LogP contribution in [0.3, 0.4) is 0 Å². The van der Waals surface area contributed by atoms with Crippen molar-refractivity contribution in [3.05, 3.63) is 77.9 Å². The van der Waals surface area contributed by atoms with Gasteiger partial charge in [-0.25, -0.2) is 0 Å². The maximum absolute atomic E-state index is 12.0. The molecule has 1 atom stereocenters. The minimum Gasteiger partial charge on any atom is -0.872 e. The van der Waals surface area contributed by atoms with Gasteiger partial charge in [0.25, 0.3) is 0 Å². The van der Waals surface area contributed by atoms with Crippen LogP contribution in [0.25, 0.3) is 5.76 Å². The molecule has 2 aromatic carbocycles. The van der Waals surface area contributed by atoms with Crippen LogP contribution in [-0.4, -0.2) is 0 Å². The Morgan fingerprint density at radius 1 is 0.944 bits per heavy atom. The molecule has 0 radical (unpaired) electrons. The first-order valence-electron chi connectivity index (χ1n) is 5.76. The van der Waals surface area contributed by atoms with Gasteiger partial charge in [-0.3, -0.25) is 0 Å². The van der Waals surface area contributed by atoms with Crippen molar-refractivity contribution in [3.8, 4) is 0 Å². The Morgan fingerprint density at radius 2 is 1.44 bits per heavy atom. The molecule has 0 spiro atoms. The zero-order chi connectivity index (χ0) is 12.1. The molecule has 2 heteroatoms. The van der Waals surface area contributed by atoms with Crippen molar-refractivity contribution in [2.75, 3.05) is 0 Å². The molecule has 2 rings (SSSR count). The zero-order valence-corrected chi connectivity index (χ0v) is 10.8. The first kappa shape index (κ1) is 14.6. The zero-order valence-electron chi connectivity index (χ0n) is 10.8. The van der Waals surface area contributed by atoms with Crippen molar-refractivity contribution in [2.45, 2.75) is 12.8 Å². The molecule has 0 bridgehead atoms. The Bertz CT molecular complexity index is 491. The van der Waals surface area contributed by atoms with E-state index in [-0.39, 0.29) is 30.5 Å². The second kappa shape index (κ2) is 7.11. The number of rotatable bonds is 3. The van der Waals surface area contributed by atoms with Gasteiger partial charge in [0.05, 0.1) is 0 Å². The van der Waals surface area contributed by atoms with Gasteiger partial charge in [-0.2, -0.15) is 0 Å². The predicted octanol–water partition coefficient (Wildman–Crippen LogP) is 0.195. The average Bonchev–Trinajstić information content (AvgIpc) is 2.40. The molecular weight excluding hydrogens is 215 g/mol. The van der Waals surface area contributed by atoms with Crippen LogP contribution in [0.15, 0.2) is 66.7 Å². The van der Waals surface area contributed by atoms with E-state index in [9.17, 15) is 5.11 Å². The van der Waals surface area contributed by atoms with Gasteiger partial charge < -0.3 is 5.11 Å². The molecule has 1 unspecified atom stereocenters. The van der Waals surface area contributed by atoms with E-state index >= 15 is 0 Å². The third-order valence-corrected chi connectivity index (χ3v) is 2.79. The van der Waals surface area contributed by atoms with E-state index < -0.39 is 0 Å². The van der Waals surface area contributed by atoms with Crippen molar-refractivity contribution < 1.29 is 24.0 Å². The van der Waals surface area contributed by atoms with Gasteiger partial charge in [0.15, 0.2) is 0 Å². The predicted molar refractivity (Wildman–Crippen MR) is 69.3 cm³/mol. The Balaban J connectivity index is 0.00000162. The van der Waals surface area contributed by atoms with E-state index in [0.717, 1.165) is 11.1 Å². The molecule has 0 aliphatic carbocycles. The fraction of sp³-hybridized carbons (Fsp3) is 0.125. The molecule has 0 saturated carbocycles. The second-order valence-corrected chi connectivity index (χ2v) is 4.10. The molecule has 0 saturated heterocycles. The third-order valence-electron chi connectivity index (χ3n) is 2.79. The number of hydrogen-bond acceptors (Lipinski definition) is 1. The van der Waals surface area contributed by atoms with Crippen molar-refractivity contribution in [1.29, 1.82) is 0 Å². The minimum absolute atomic E-state index is 0. The molecule has 2 aromatic rings. The summed E-state index contributed by atoms with van der Waals surface area (Å²) in [6, 6.07) is 19.4. The Labute approximate surface area is 120 Å². The molecule has 0 fully saturated rings. The first-order chi connectivity index (χ1) is 8.27. The fourth-order valence-electron chi connectivity index (χ4n) is 1.78. The van der Waals surface area contributed by atoms with Crippen LogP contribution in [0.2, 0.25) is 0 Å². The summed E-state index contributed by atoms with van der Waals surface area (Å²) >= 11 is 0. The van der Waals surface area contributed by atoms with Crippen molar-refractivity contribution in [1.82, 2.24) is 0 Å². The van der Waals surface area contributed by atoms with Crippen LogP contribution < -0.4 is 24.0 Å². The van der Waals surface area contributed by atoms with Gasteiger partial charge in [0.1, 0.15) is 0 Å². The molecule has 0 amide bonds. The summed E-state index contributed by atoms with van der Waals surface area (Å²) in [6.45, 7) is 2.04. The summed E-state index contributed by atoms with van der Waals surface area (Å²) in [5.41, 5.74) is 1.91. The summed E-state index contributed by atoms with van der Waals surface area (Å²) in [4.78, 5) is 0. The molecule has 18 heavy (non-hydrogen) atoms. The van der Waals surface area contributed by atoms with E-state index in [1.54, 1.807) is 6.08 Å². The first-order valence-corrected chi connectivity index (χ1v) is 5.76. The molecule has 0 heterocycles. The maximum atomic E-state index is 12.0. The Hall–Kier alpha value is -1.42. The topological polar surface area (TPSA) is 23.1 Å². The molecule has 0 aliphatic rings. The maximum Gasteiger partial charge on any atom is 1.00 e. The Kier molecular flexibility index (Phi) is 5.78. The van der Waals surface area contributed by atoms with Gasteiger partial charge >= 0.3 is 18.9 Å². The number of hydrogen-bond donors (Lipinski definition) is 0. The van der Waals surface area contributed by atoms with E-state index in [1.807, 2.05) is 67.6 Å². The molecule has 0 N–H and O–H groups in total. The van der Waals surface area contributed by atoms with Gasteiger partial charge in [0.2, 0.25) is 0 Å². The smallest absolute Gasteiger partial charge is 0.872 e. The molecule has 0 aromatic heterocycles. The van der Waals surface area contributed by atoms with Crippen LogP contribution >= 0.6 is 0 Å². The summed E-state index contributed by atoms with van der Waals surface area (Å²) in [5, 5.41) is 12.0. The summed E-state index contributed by atoms with van der Waals surface area (Å²) in [5.74, 6) is 0.228. The number of benzene rings is 2. The molecule has 1 nitrogen and oxygen atoms in total. The minimum atomic E-state index is 0. The fourth-order valence-corrected chi connectivity index (χ4v) is 1.78. The molecule has 0 aliphatic heterocycles. The third kappa shape index (κ3) is 3.80. The largest absolute Gasteiger partial charge is 1.00 e. The van der Waals surface area contributed by atoms with Crippen LogP contribution in [0.1, 0.15) is 24.0 Å². The quantitative estimate of drug-likeness (QED) is 0.545. The SMILES string of the molecule is CC(/C=C(\[O-])c1ccccc1)c1ccccc1.[Li+]. The van der Waals surface area contributed by atoms with E-state index in [2.05, 4.69) is 0 Å². The standard InChI is InChI=1S/C16H16O.Li/c1-13(14-8-4-2-5-9-14)12-16(17)15-10-6-3-7-11-15;/h2-13,17H,1H3;/q;+1/p-1/b16-12-;. The van der Waals surface area contributed by atoms with Gasteiger partial charge in [-0.1, -0.05) is 73.7 Å². The van der Waals surface area contributed by atoms with Crippen LogP contribution in [-0.2, 0) is 0 Å². The van der Waals surface area contributed by atoms with Crippen LogP contribution in [0.4, 0.5) is 0 Å². The van der Waals surface area contributed by atoms with E-state index in [4.69, 9.17) is 0 Å². The van der Waals surface area contributed by atoms with Crippen molar-refractivity contribution >= 4 is 5.76 Å². The monoisotopic (exact) mass is 230 g/mol. The summed E-state index contributed by atoms with van der Waals surface area (Å²) in [7, 11) is 0. The van der Waals surface area contributed by atoms with Gasteiger partial charge in [-0.05, 0) is 17.0 Å². The summed E-state index contributed by atoms with van der Waals surface area (Å²) in [6.07, 6.45) is 1.77. The molecule has 86 valence electrons. The second-order valence-electron chi connectivity index (χ2n) is 4.10. The van der Waals surface area contributed by atoms with Gasteiger partial charge in [-0.15, -0.1) is 5.76 Å². The molecular formula is C16H15LiO. The summed E-state index contributed by atoms with van der Waals surface area (Å²) < 4.78 is 0. The van der Waals surface area contributed by atoms with Gasteiger partial charge in [0, 0.05) is 0 Å². The number of allylic oxidation sites excluding steroid dienone is 1. The van der Waals surface area contributed by atoms with Crippen molar-refractivity contribution in [3.63, 3.8) is 0 Å². The van der Waals surface area contributed by atoms with Crippen LogP contribution in [0.5, 0.6) is 0 Å². The van der Waals surface area contributed by atoms with Crippen LogP contribution in [0, 0.1) is 0 Å². The van der Waals surface area contributed by atoms with Crippen molar-refractivity contribution in [2.24, 2.45) is 0 Å². The normalized spacial score (nSPS) is 12.6.